The Labute approximate surface area is 181 Å². The van der Waals surface area contributed by atoms with Crippen molar-refractivity contribution in [2.45, 2.75) is 13.0 Å². The number of benzene rings is 3. The molecule has 154 valence electrons. The van der Waals surface area contributed by atoms with Gasteiger partial charge < -0.3 is 15.0 Å². The Morgan fingerprint density at radius 2 is 1.53 bits per heavy atom. The van der Waals surface area contributed by atoms with Crippen LogP contribution in [0.15, 0.2) is 72.8 Å². The molecule has 3 aromatic carbocycles. The van der Waals surface area contributed by atoms with Crippen LogP contribution in [0.25, 0.3) is 0 Å². The van der Waals surface area contributed by atoms with Crippen molar-refractivity contribution < 1.29 is 14.3 Å². The van der Waals surface area contributed by atoms with Gasteiger partial charge in [-0.25, -0.2) is 0 Å². The zero-order chi connectivity index (χ0) is 21.5. The Hall–Kier alpha value is -3.31. The number of likely N-dealkylation sites (N-methyl/N-ethyl adjacent to an activating group) is 1. The SMILES string of the molecule is CN(C)C(=O)Cc1ccc(NC(=O)c2ccccc2OCc2ccc(Cl)cc2)cc1. The minimum atomic E-state index is -0.265. The van der Waals surface area contributed by atoms with Gasteiger partial charge in [0.1, 0.15) is 12.4 Å². The van der Waals surface area contributed by atoms with E-state index in [1.165, 1.54) is 0 Å². The number of amides is 2. The maximum Gasteiger partial charge on any atom is 0.259 e. The zero-order valence-corrected chi connectivity index (χ0v) is 17.6. The average molecular weight is 423 g/mol. The Kier molecular flexibility index (Phi) is 7.09. The van der Waals surface area contributed by atoms with Crippen LogP contribution in [-0.4, -0.2) is 30.8 Å². The molecule has 3 rings (SSSR count). The predicted molar refractivity (Wildman–Crippen MR) is 119 cm³/mol. The van der Waals surface area contributed by atoms with E-state index in [4.69, 9.17) is 16.3 Å². The van der Waals surface area contributed by atoms with Gasteiger partial charge in [0.15, 0.2) is 0 Å². The average Bonchev–Trinajstić information content (AvgIpc) is 2.75. The highest BCUT2D eigenvalue weighted by Gasteiger charge is 2.13. The summed E-state index contributed by atoms with van der Waals surface area (Å²) in [5, 5.41) is 3.54. The fourth-order valence-electron chi connectivity index (χ4n) is 2.76. The van der Waals surface area contributed by atoms with Gasteiger partial charge in [-0.1, -0.05) is 48.0 Å². The van der Waals surface area contributed by atoms with Gasteiger partial charge >= 0.3 is 0 Å². The Balaban J connectivity index is 1.65. The largest absolute Gasteiger partial charge is 0.488 e. The minimum absolute atomic E-state index is 0.0264. The molecule has 2 amide bonds. The van der Waals surface area contributed by atoms with Crippen LogP contribution in [0.3, 0.4) is 0 Å². The molecule has 0 heterocycles. The second kappa shape index (κ2) is 9.94. The quantitative estimate of drug-likeness (QED) is 0.594. The highest BCUT2D eigenvalue weighted by molar-refractivity contribution is 6.30. The molecule has 6 heteroatoms. The summed E-state index contributed by atoms with van der Waals surface area (Å²) in [7, 11) is 3.45. The molecule has 0 atom stereocenters. The van der Waals surface area contributed by atoms with Gasteiger partial charge in [0.05, 0.1) is 12.0 Å². The van der Waals surface area contributed by atoms with Gasteiger partial charge in [0.2, 0.25) is 5.91 Å². The van der Waals surface area contributed by atoms with E-state index in [2.05, 4.69) is 5.32 Å². The first-order valence-electron chi connectivity index (χ1n) is 9.49. The molecular formula is C24H23ClN2O3. The molecule has 0 spiro atoms. The molecule has 0 aliphatic heterocycles. The van der Waals surface area contributed by atoms with Crippen LogP contribution in [0, 0.1) is 0 Å². The van der Waals surface area contributed by atoms with E-state index in [1.54, 1.807) is 61.5 Å². The lowest BCUT2D eigenvalue weighted by Gasteiger charge is -2.13. The van der Waals surface area contributed by atoms with Crippen molar-refractivity contribution in [2.24, 2.45) is 0 Å². The highest BCUT2D eigenvalue weighted by atomic mass is 35.5. The summed E-state index contributed by atoms with van der Waals surface area (Å²) < 4.78 is 5.86. The summed E-state index contributed by atoms with van der Waals surface area (Å²) in [6.45, 7) is 0.329. The smallest absolute Gasteiger partial charge is 0.259 e. The van der Waals surface area contributed by atoms with Crippen molar-refractivity contribution in [2.75, 3.05) is 19.4 Å². The van der Waals surface area contributed by atoms with Gasteiger partial charge in [0.25, 0.3) is 5.91 Å². The summed E-state index contributed by atoms with van der Waals surface area (Å²) in [4.78, 5) is 26.1. The van der Waals surface area contributed by atoms with Crippen LogP contribution >= 0.6 is 11.6 Å². The lowest BCUT2D eigenvalue weighted by molar-refractivity contribution is -0.127. The number of hydrogen-bond donors (Lipinski definition) is 1. The third-order valence-electron chi connectivity index (χ3n) is 4.51. The van der Waals surface area contributed by atoms with E-state index in [0.717, 1.165) is 11.1 Å². The maximum atomic E-state index is 12.8. The molecule has 30 heavy (non-hydrogen) atoms. The van der Waals surface area contributed by atoms with Crippen LogP contribution in [0.2, 0.25) is 5.02 Å². The van der Waals surface area contributed by atoms with Gasteiger partial charge in [-0.3, -0.25) is 9.59 Å². The fraction of sp³-hybridized carbons (Fsp3) is 0.167. The molecule has 0 aliphatic rings. The number of para-hydroxylation sites is 1. The fourth-order valence-corrected chi connectivity index (χ4v) is 2.88. The summed E-state index contributed by atoms with van der Waals surface area (Å²) in [5.41, 5.74) is 2.93. The number of halogens is 1. The molecule has 0 aromatic heterocycles. The van der Waals surface area contributed by atoms with Crippen LogP contribution in [0.1, 0.15) is 21.5 Å². The first kappa shape index (κ1) is 21.4. The normalized spacial score (nSPS) is 10.4. The lowest BCUT2D eigenvalue weighted by atomic mass is 10.1. The Bertz CT molecular complexity index is 1020. The van der Waals surface area contributed by atoms with E-state index in [1.807, 2.05) is 30.3 Å². The summed E-state index contributed by atoms with van der Waals surface area (Å²) in [5.74, 6) is 0.260. The third-order valence-corrected chi connectivity index (χ3v) is 4.76. The van der Waals surface area contributed by atoms with Crippen molar-refractivity contribution in [3.63, 3.8) is 0 Å². The van der Waals surface area contributed by atoms with Gasteiger partial charge in [0, 0.05) is 24.8 Å². The van der Waals surface area contributed by atoms with E-state index in [-0.39, 0.29) is 11.8 Å². The number of ether oxygens (including phenoxy) is 1. The number of carbonyl (C=O) groups excluding carboxylic acids is 2. The van der Waals surface area contributed by atoms with Gasteiger partial charge in [-0.2, -0.15) is 0 Å². The second-order valence-corrected chi connectivity index (χ2v) is 7.46. The molecule has 3 aromatic rings. The highest BCUT2D eigenvalue weighted by Crippen LogP contribution is 2.22. The van der Waals surface area contributed by atoms with E-state index < -0.39 is 0 Å². The first-order chi connectivity index (χ1) is 14.4. The molecule has 0 radical (unpaired) electrons. The molecule has 5 nitrogen and oxygen atoms in total. The number of nitrogens with one attached hydrogen (secondary N) is 1. The third kappa shape index (κ3) is 5.84. The minimum Gasteiger partial charge on any atom is -0.488 e. The molecule has 0 saturated carbocycles. The number of nitrogens with zero attached hydrogens (tertiary/aromatic N) is 1. The van der Waals surface area contributed by atoms with E-state index in [9.17, 15) is 9.59 Å². The van der Waals surface area contributed by atoms with Crippen molar-refractivity contribution >= 4 is 29.1 Å². The molecule has 1 N–H and O–H groups in total. The lowest BCUT2D eigenvalue weighted by Crippen LogP contribution is -2.23. The predicted octanol–water partition coefficient (Wildman–Crippen LogP) is 4.80. The first-order valence-corrected chi connectivity index (χ1v) is 9.87. The molecule has 0 saturated heterocycles. The van der Waals surface area contributed by atoms with Gasteiger partial charge in [-0.05, 0) is 47.5 Å². The van der Waals surface area contributed by atoms with Crippen LogP contribution in [0.4, 0.5) is 5.69 Å². The second-order valence-electron chi connectivity index (χ2n) is 7.03. The van der Waals surface area contributed by atoms with Crippen molar-refractivity contribution in [1.29, 1.82) is 0 Å². The number of carbonyl (C=O) groups is 2. The van der Waals surface area contributed by atoms with Crippen molar-refractivity contribution in [3.05, 3.63) is 94.5 Å². The monoisotopic (exact) mass is 422 g/mol. The number of anilines is 1. The summed E-state index contributed by atoms with van der Waals surface area (Å²) in [6.07, 6.45) is 0.322. The van der Waals surface area contributed by atoms with Gasteiger partial charge in [-0.15, -0.1) is 0 Å². The number of hydrogen-bond acceptors (Lipinski definition) is 3. The van der Waals surface area contributed by atoms with E-state index in [0.29, 0.717) is 35.1 Å². The van der Waals surface area contributed by atoms with Crippen molar-refractivity contribution in [1.82, 2.24) is 4.90 Å². The summed E-state index contributed by atoms with van der Waals surface area (Å²) >= 11 is 5.91. The maximum absolute atomic E-state index is 12.8. The van der Waals surface area contributed by atoms with E-state index >= 15 is 0 Å². The van der Waals surface area contributed by atoms with Crippen LogP contribution in [0.5, 0.6) is 5.75 Å². The topological polar surface area (TPSA) is 58.6 Å². The molecule has 0 aliphatic carbocycles. The standard InChI is InChI=1S/C24H23ClN2O3/c1-27(2)23(28)15-17-9-13-20(14-10-17)26-24(29)21-5-3-4-6-22(21)30-16-18-7-11-19(25)12-8-18/h3-14H,15-16H2,1-2H3,(H,26,29). The molecule has 0 bridgehead atoms. The molecule has 0 fully saturated rings. The Morgan fingerprint density at radius 3 is 2.20 bits per heavy atom. The zero-order valence-electron chi connectivity index (χ0n) is 16.9. The molecular weight excluding hydrogens is 400 g/mol. The van der Waals surface area contributed by atoms with Crippen LogP contribution < -0.4 is 10.1 Å². The summed E-state index contributed by atoms with van der Waals surface area (Å²) in [6, 6.07) is 21.7. The molecule has 0 unspecified atom stereocenters. The van der Waals surface area contributed by atoms with Crippen LogP contribution in [-0.2, 0) is 17.8 Å². The van der Waals surface area contributed by atoms with Crippen molar-refractivity contribution in [3.8, 4) is 5.75 Å². The Morgan fingerprint density at radius 1 is 0.900 bits per heavy atom. The number of rotatable bonds is 7.